The van der Waals surface area contributed by atoms with Gasteiger partial charge >= 0.3 is 0 Å². The number of fused-ring (bicyclic) bond motifs is 1. The van der Waals surface area contributed by atoms with Crippen molar-refractivity contribution in [1.82, 2.24) is 10.3 Å². The lowest BCUT2D eigenvalue weighted by molar-refractivity contribution is 0.0948. The molecule has 1 aromatic carbocycles. The topological polar surface area (TPSA) is 42.0 Å². The lowest BCUT2D eigenvalue weighted by atomic mass is 10.2. The molecular formula is C15H17ClN2O. The number of aromatic nitrogens is 1. The number of nitrogens with zero attached hydrogens (tertiary/aromatic N) is 1. The molecule has 0 radical (unpaired) electrons. The predicted molar refractivity (Wildman–Crippen MR) is 78.6 cm³/mol. The molecule has 0 aliphatic carbocycles. The van der Waals surface area contributed by atoms with E-state index >= 15 is 0 Å². The summed E-state index contributed by atoms with van der Waals surface area (Å²) in [5.41, 5.74) is 1.18. The van der Waals surface area contributed by atoms with Crippen molar-refractivity contribution >= 4 is 28.4 Å². The number of nitrogens with one attached hydrogen (secondary N) is 1. The van der Waals surface area contributed by atoms with Crippen LogP contribution in [-0.4, -0.2) is 17.4 Å². The number of benzene rings is 1. The molecule has 0 aliphatic rings. The average Bonchev–Trinajstić information content (AvgIpc) is 2.42. The van der Waals surface area contributed by atoms with E-state index in [9.17, 15) is 4.79 Å². The minimum atomic E-state index is -0.127. The van der Waals surface area contributed by atoms with E-state index in [-0.39, 0.29) is 5.91 Å². The first-order chi connectivity index (χ1) is 9.20. The smallest absolute Gasteiger partial charge is 0.269 e. The standard InChI is InChI=1S/C15H17ClN2O/c1-2-3-4-9-17-15(19)13-8-6-11-5-7-12(16)10-14(11)18-13/h5-8,10H,2-4,9H2,1H3,(H,17,19). The first-order valence-corrected chi connectivity index (χ1v) is 6.93. The SMILES string of the molecule is CCCCCNC(=O)c1ccc2ccc(Cl)cc2n1. The van der Waals surface area contributed by atoms with Crippen LogP contribution in [0, 0.1) is 0 Å². The van der Waals surface area contributed by atoms with E-state index < -0.39 is 0 Å². The van der Waals surface area contributed by atoms with Gasteiger partial charge in [0.25, 0.3) is 5.91 Å². The molecule has 0 atom stereocenters. The van der Waals surface area contributed by atoms with Gasteiger partial charge in [-0.1, -0.05) is 43.5 Å². The highest BCUT2D eigenvalue weighted by atomic mass is 35.5. The monoisotopic (exact) mass is 276 g/mol. The summed E-state index contributed by atoms with van der Waals surface area (Å²) in [5.74, 6) is -0.127. The molecule has 100 valence electrons. The molecule has 3 nitrogen and oxygen atoms in total. The third-order valence-electron chi connectivity index (χ3n) is 2.95. The lowest BCUT2D eigenvalue weighted by Gasteiger charge is -2.05. The van der Waals surface area contributed by atoms with Crippen LogP contribution in [0.2, 0.25) is 5.02 Å². The Morgan fingerprint density at radius 2 is 2.05 bits per heavy atom. The third-order valence-corrected chi connectivity index (χ3v) is 3.19. The Morgan fingerprint density at radius 1 is 1.26 bits per heavy atom. The number of amides is 1. The van der Waals surface area contributed by atoms with E-state index in [1.54, 1.807) is 12.1 Å². The van der Waals surface area contributed by atoms with Crippen LogP contribution >= 0.6 is 11.6 Å². The highest BCUT2D eigenvalue weighted by Gasteiger charge is 2.07. The zero-order valence-electron chi connectivity index (χ0n) is 10.9. The van der Waals surface area contributed by atoms with Gasteiger partial charge in [-0.3, -0.25) is 4.79 Å². The van der Waals surface area contributed by atoms with Crippen molar-refractivity contribution < 1.29 is 4.79 Å². The van der Waals surface area contributed by atoms with Gasteiger partial charge in [-0.25, -0.2) is 4.98 Å². The van der Waals surface area contributed by atoms with Crippen molar-refractivity contribution in [3.63, 3.8) is 0 Å². The summed E-state index contributed by atoms with van der Waals surface area (Å²) in [6.07, 6.45) is 3.27. The maximum Gasteiger partial charge on any atom is 0.269 e. The Morgan fingerprint density at radius 3 is 2.84 bits per heavy atom. The number of halogens is 1. The number of unbranched alkanes of at least 4 members (excludes halogenated alkanes) is 2. The Balaban J connectivity index is 2.09. The normalized spacial score (nSPS) is 10.6. The van der Waals surface area contributed by atoms with Crippen molar-refractivity contribution in [1.29, 1.82) is 0 Å². The number of hydrogen-bond donors (Lipinski definition) is 1. The molecule has 4 heteroatoms. The number of rotatable bonds is 5. The quantitative estimate of drug-likeness (QED) is 0.844. The maximum atomic E-state index is 11.9. The zero-order chi connectivity index (χ0) is 13.7. The first kappa shape index (κ1) is 13.8. The summed E-state index contributed by atoms with van der Waals surface area (Å²) in [5, 5.41) is 4.48. The molecule has 0 unspecified atom stereocenters. The van der Waals surface area contributed by atoms with E-state index in [0.29, 0.717) is 17.3 Å². The molecule has 0 spiro atoms. The van der Waals surface area contributed by atoms with Gasteiger partial charge in [0.15, 0.2) is 0 Å². The Hall–Kier alpha value is -1.61. The van der Waals surface area contributed by atoms with E-state index in [0.717, 1.165) is 30.2 Å². The van der Waals surface area contributed by atoms with Gasteiger partial charge in [-0.15, -0.1) is 0 Å². The van der Waals surface area contributed by atoms with Crippen LogP contribution in [0.25, 0.3) is 10.9 Å². The van der Waals surface area contributed by atoms with Crippen LogP contribution in [0.3, 0.4) is 0 Å². The number of pyridine rings is 1. The number of carbonyl (C=O) groups is 1. The summed E-state index contributed by atoms with van der Waals surface area (Å²) in [4.78, 5) is 16.3. The lowest BCUT2D eigenvalue weighted by Crippen LogP contribution is -2.25. The van der Waals surface area contributed by atoms with Crippen molar-refractivity contribution in [2.24, 2.45) is 0 Å². The molecule has 2 aromatic rings. The molecular weight excluding hydrogens is 260 g/mol. The van der Waals surface area contributed by atoms with Gasteiger partial charge in [0.05, 0.1) is 5.52 Å². The first-order valence-electron chi connectivity index (χ1n) is 6.55. The fourth-order valence-electron chi connectivity index (χ4n) is 1.88. The molecule has 0 aliphatic heterocycles. The molecule has 1 heterocycles. The average molecular weight is 277 g/mol. The van der Waals surface area contributed by atoms with Gasteiger partial charge in [-0.05, 0) is 24.6 Å². The number of carbonyl (C=O) groups excluding carboxylic acids is 1. The van der Waals surface area contributed by atoms with Crippen LogP contribution < -0.4 is 5.32 Å². The summed E-state index contributed by atoms with van der Waals surface area (Å²) in [7, 11) is 0. The molecule has 0 saturated heterocycles. The second-order valence-electron chi connectivity index (χ2n) is 4.50. The van der Waals surface area contributed by atoms with E-state index in [1.807, 2.05) is 18.2 Å². The third kappa shape index (κ3) is 3.67. The van der Waals surface area contributed by atoms with Gasteiger partial charge < -0.3 is 5.32 Å². The zero-order valence-corrected chi connectivity index (χ0v) is 11.7. The predicted octanol–water partition coefficient (Wildman–Crippen LogP) is 3.81. The largest absolute Gasteiger partial charge is 0.351 e. The molecule has 1 amide bonds. The molecule has 0 fully saturated rings. The van der Waals surface area contributed by atoms with Crippen LogP contribution in [-0.2, 0) is 0 Å². The van der Waals surface area contributed by atoms with Crippen molar-refractivity contribution in [2.45, 2.75) is 26.2 Å². The van der Waals surface area contributed by atoms with Gasteiger partial charge in [-0.2, -0.15) is 0 Å². The summed E-state index contributed by atoms with van der Waals surface area (Å²) in [6.45, 7) is 2.83. The molecule has 2 rings (SSSR count). The highest BCUT2D eigenvalue weighted by Crippen LogP contribution is 2.17. The van der Waals surface area contributed by atoms with E-state index in [2.05, 4.69) is 17.2 Å². The molecule has 0 bridgehead atoms. The molecule has 1 N–H and O–H groups in total. The van der Waals surface area contributed by atoms with Crippen LogP contribution in [0.5, 0.6) is 0 Å². The van der Waals surface area contributed by atoms with Gasteiger partial charge in [0.2, 0.25) is 0 Å². The maximum absolute atomic E-state index is 11.9. The van der Waals surface area contributed by atoms with E-state index in [1.165, 1.54) is 0 Å². The van der Waals surface area contributed by atoms with Crippen LogP contribution in [0.1, 0.15) is 36.7 Å². The molecule has 1 aromatic heterocycles. The summed E-state index contributed by atoms with van der Waals surface area (Å²) in [6, 6.07) is 9.11. The van der Waals surface area contributed by atoms with Crippen molar-refractivity contribution in [3.8, 4) is 0 Å². The number of hydrogen-bond acceptors (Lipinski definition) is 2. The van der Waals surface area contributed by atoms with Crippen molar-refractivity contribution in [2.75, 3.05) is 6.54 Å². The minimum absolute atomic E-state index is 0.127. The summed E-state index contributed by atoms with van der Waals surface area (Å²) >= 11 is 5.93. The summed E-state index contributed by atoms with van der Waals surface area (Å²) < 4.78 is 0. The highest BCUT2D eigenvalue weighted by molar-refractivity contribution is 6.31. The van der Waals surface area contributed by atoms with Crippen molar-refractivity contribution in [3.05, 3.63) is 41.0 Å². The second-order valence-corrected chi connectivity index (χ2v) is 4.93. The minimum Gasteiger partial charge on any atom is -0.351 e. The Bertz CT molecular complexity index is 583. The van der Waals surface area contributed by atoms with Gasteiger partial charge in [0, 0.05) is 17.0 Å². The van der Waals surface area contributed by atoms with Crippen LogP contribution in [0.4, 0.5) is 0 Å². The van der Waals surface area contributed by atoms with Gasteiger partial charge in [0.1, 0.15) is 5.69 Å². The molecule has 0 saturated carbocycles. The second kappa shape index (κ2) is 6.53. The van der Waals surface area contributed by atoms with Crippen LogP contribution in [0.15, 0.2) is 30.3 Å². The fraction of sp³-hybridized carbons (Fsp3) is 0.333. The Kier molecular flexibility index (Phi) is 4.74. The Labute approximate surface area is 118 Å². The molecule has 19 heavy (non-hydrogen) atoms. The fourth-order valence-corrected chi connectivity index (χ4v) is 2.05. The van der Waals surface area contributed by atoms with E-state index in [4.69, 9.17) is 11.6 Å².